The molecule has 1 unspecified atom stereocenters. The zero-order valence-electron chi connectivity index (χ0n) is 14.7. The zero-order chi connectivity index (χ0) is 17.2. The molecule has 1 aliphatic carbocycles. The first-order valence-corrected chi connectivity index (χ1v) is 9.43. The summed E-state index contributed by atoms with van der Waals surface area (Å²) in [6.07, 6.45) is 4.69. The number of rotatable bonds is 4. The SMILES string of the molecule is O=C(C1CCCO1)N1CCN(CCn2nc3c(cc2=O)CCC3)CC1. The number of amides is 1. The summed E-state index contributed by atoms with van der Waals surface area (Å²) in [5.74, 6) is 0.147. The second-order valence-corrected chi connectivity index (χ2v) is 7.20. The topological polar surface area (TPSA) is 67.7 Å². The molecule has 0 aromatic carbocycles. The summed E-state index contributed by atoms with van der Waals surface area (Å²) in [5.41, 5.74) is 2.22. The summed E-state index contributed by atoms with van der Waals surface area (Å²) < 4.78 is 7.10. The lowest BCUT2D eigenvalue weighted by molar-refractivity contribution is -0.142. The number of fused-ring (bicyclic) bond motifs is 1. The fraction of sp³-hybridized carbons (Fsp3) is 0.722. The van der Waals surface area contributed by atoms with Gasteiger partial charge in [-0.15, -0.1) is 0 Å². The van der Waals surface area contributed by atoms with E-state index in [-0.39, 0.29) is 17.6 Å². The van der Waals surface area contributed by atoms with Crippen LogP contribution in [-0.4, -0.2) is 70.9 Å². The Morgan fingerprint density at radius 2 is 2.00 bits per heavy atom. The predicted octanol–water partition coefficient (Wildman–Crippen LogP) is 0.0552. The van der Waals surface area contributed by atoms with E-state index in [1.165, 1.54) is 0 Å². The molecule has 3 aliphatic rings. The average Bonchev–Trinajstić information content (AvgIpc) is 3.31. The smallest absolute Gasteiger partial charge is 0.267 e. The van der Waals surface area contributed by atoms with E-state index in [0.29, 0.717) is 13.2 Å². The number of aryl methyl sites for hydroxylation is 2. The molecule has 4 rings (SSSR count). The molecule has 1 aromatic heterocycles. The van der Waals surface area contributed by atoms with E-state index in [2.05, 4.69) is 10.00 Å². The number of carbonyl (C=O) groups is 1. The van der Waals surface area contributed by atoms with Crippen LogP contribution in [0.2, 0.25) is 0 Å². The zero-order valence-corrected chi connectivity index (χ0v) is 14.7. The second kappa shape index (κ2) is 7.25. The number of carbonyl (C=O) groups excluding carboxylic acids is 1. The Morgan fingerprint density at radius 3 is 2.76 bits per heavy atom. The number of aromatic nitrogens is 2. The first-order valence-electron chi connectivity index (χ1n) is 9.43. The Kier molecular flexibility index (Phi) is 4.85. The van der Waals surface area contributed by atoms with Crippen molar-refractivity contribution >= 4 is 5.91 Å². The van der Waals surface area contributed by atoms with Gasteiger partial charge in [-0.1, -0.05) is 0 Å². The minimum Gasteiger partial charge on any atom is -0.368 e. The fourth-order valence-electron chi connectivity index (χ4n) is 4.00. The van der Waals surface area contributed by atoms with Crippen molar-refractivity contribution in [3.8, 4) is 0 Å². The Morgan fingerprint density at radius 1 is 1.16 bits per heavy atom. The van der Waals surface area contributed by atoms with E-state index in [9.17, 15) is 9.59 Å². The summed E-state index contributed by atoms with van der Waals surface area (Å²) in [4.78, 5) is 28.8. The molecule has 1 amide bonds. The maximum Gasteiger partial charge on any atom is 0.267 e. The van der Waals surface area contributed by atoms with Gasteiger partial charge in [0, 0.05) is 45.4 Å². The lowest BCUT2D eigenvalue weighted by Crippen LogP contribution is -2.52. The van der Waals surface area contributed by atoms with Gasteiger partial charge in [-0.25, -0.2) is 4.68 Å². The van der Waals surface area contributed by atoms with Crippen LogP contribution in [0.1, 0.15) is 30.5 Å². The first kappa shape index (κ1) is 16.7. The van der Waals surface area contributed by atoms with Crippen molar-refractivity contribution in [1.29, 1.82) is 0 Å². The third-order valence-corrected chi connectivity index (χ3v) is 5.54. The van der Waals surface area contributed by atoms with Crippen molar-refractivity contribution in [3.63, 3.8) is 0 Å². The van der Waals surface area contributed by atoms with Crippen LogP contribution in [0.5, 0.6) is 0 Å². The largest absolute Gasteiger partial charge is 0.368 e. The molecule has 1 atom stereocenters. The van der Waals surface area contributed by atoms with E-state index in [4.69, 9.17) is 4.74 Å². The quantitative estimate of drug-likeness (QED) is 0.771. The van der Waals surface area contributed by atoms with Crippen LogP contribution < -0.4 is 5.56 Å². The highest BCUT2D eigenvalue weighted by molar-refractivity contribution is 5.81. The summed E-state index contributed by atoms with van der Waals surface area (Å²) >= 11 is 0. The molecule has 1 aromatic rings. The summed E-state index contributed by atoms with van der Waals surface area (Å²) in [5, 5.41) is 4.53. The molecule has 2 saturated heterocycles. The Labute approximate surface area is 147 Å². The third kappa shape index (κ3) is 3.62. The molecule has 0 radical (unpaired) electrons. The van der Waals surface area contributed by atoms with Crippen LogP contribution in [0.3, 0.4) is 0 Å². The van der Waals surface area contributed by atoms with Gasteiger partial charge in [0.15, 0.2) is 0 Å². The molecule has 25 heavy (non-hydrogen) atoms. The normalized spacial score (nSPS) is 23.8. The molecule has 0 bridgehead atoms. The van der Waals surface area contributed by atoms with Gasteiger partial charge in [-0.2, -0.15) is 5.10 Å². The van der Waals surface area contributed by atoms with Gasteiger partial charge < -0.3 is 9.64 Å². The molecule has 0 saturated carbocycles. The van der Waals surface area contributed by atoms with E-state index in [1.54, 1.807) is 10.7 Å². The summed E-state index contributed by atoms with van der Waals surface area (Å²) in [6.45, 7) is 5.30. The monoisotopic (exact) mass is 346 g/mol. The first-order chi connectivity index (χ1) is 12.2. The molecule has 136 valence electrons. The van der Waals surface area contributed by atoms with Crippen molar-refractivity contribution in [2.75, 3.05) is 39.3 Å². The Bertz CT molecular complexity index is 688. The van der Waals surface area contributed by atoms with Crippen LogP contribution in [0.15, 0.2) is 10.9 Å². The number of ether oxygens (including phenoxy) is 1. The molecule has 3 heterocycles. The van der Waals surface area contributed by atoms with Crippen LogP contribution in [0.4, 0.5) is 0 Å². The standard InChI is InChI=1S/C18H26N4O3/c23-17-13-14-3-1-4-15(14)19-22(17)11-8-20-6-9-21(10-7-20)18(24)16-5-2-12-25-16/h13,16H,1-12H2. The number of nitrogens with zero attached hydrogens (tertiary/aromatic N) is 4. The van der Waals surface area contributed by atoms with Gasteiger partial charge in [-0.05, 0) is 37.7 Å². The highest BCUT2D eigenvalue weighted by atomic mass is 16.5. The van der Waals surface area contributed by atoms with Gasteiger partial charge in [0.25, 0.3) is 11.5 Å². The van der Waals surface area contributed by atoms with E-state index < -0.39 is 0 Å². The van der Waals surface area contributed by atoms with Crippen molar-refractivity contribution in [2.45, 2.75) is 44.8 Å². The molecule has 7 heteroatoms. The Hall–Kier alpha value is -1.73. The summed E-state index contributed by atoms with van der Waals surface area (Å²) in [6, 6.07) is 1.76. The predicted molar refractivity (Wildman–Crippen MR) is 92.5 cm³/mol. The average molecular weight is 346 g/mol. The highest BCUT2D eigenvalue weighted by Crippen LogP contribution is 2.17. The van der Waals surface area contributed by atoms with Crippen LogP contribution in [0.25, 0.3) is 0 Å². The van der Waals surface area contributed by atoms with Crippen LogP contribution >= 0.6 is 0 Å². The maximum atomic E-state index is 12.4. The molecule has 0 N–H and O–H groups in total. The molecule has 7 nitrogen and oxygen atoms in total. The Balaban J connectivity index is 1.28. The minimum absolute atomic E-state index is 0.00726. The molecular formula is C18H26N4O3. The lowest BCUT2D eigenvalue weighted by Gasteiger charge is -2.35. The van der Waals surface area contributed by atoms with Gasteiger partial charge in [0.05, 0.1) is 12.2 Å². The van der Waals surface area contributed by atoms with Gasteiger partial charge in [0.1, 0.15) is 6.10 Å². The molecular weight excluding hydrogens is 320 g/mol. The van der Waals surface area contributed by atoms with Crippen LogP contribution in [-0.2, 0) is 28.9 Å². The van der Waals surface area contributed by atoms with Crippen molar-refractivity contribution in [3.05, 3.63) is 27.7 Å². The lowest BCUT2D eigenvalue weighted by atomic mass is 10.2. The molecule has 2 fully saturated rings. The van der Waals surface area contributed by atoms with Gasteiger partial charge in [-0.3, -0.25) is 14.5 Å². The van der Waals surface area contributed by atoms with Crippen LogP contribution in [0, 0.1) is 0 Å². The molecule has 2 aliphatic heterocycles. The third-order valence-electron chi connectivity index (χ3n) is 5.54. The van der Waals surface area contributed by atoms with E-state index in [1.807, 2.05) is 4.90 Å². The van der Waals surface area contributed by atoms with Gasteiger partial charge in [0.2, 0.25) is 0 Å². The number of hydrogen-bond donors (Lipinski definition) is 0. The number of hydrogen-bond acceptors (Lipinski definition) is 5. The van der Waals surface area contributed by atoms with E-state index >= 15 is 0 Å². The van der Waals surface area contributed by atoms with Crippen molar-refractivity contribution in [2.24, 2.45) is 0 Å². The number of piperazine rings is 1. The summed E-state index contributed by atoms with van der Waals surface area (Å²) in [7, 11) is 0. The fourth-order valence-corrected chi connectivity index (χ4v) is 4.00. The van der Waals surface area contributed by atoms with Crippen molar-refractivity contribution in [1.82, 2.24) is 19.6 Å². The molecule has 0 spiro atoms. The maximum absolute atomic E-state index is 12.4. The second-order valence-electron chi connectivity index (χ2n) is 7.20. The van der Waals surface area contributed by atoms with Crippen molar-refractivity contribution < 1.29 is 9.53 Å². The van der Waals surface area contributed by atoms with E-state index in [0.717, 1.165) is 76.1 Å². The van der Waals surface area contributed by atoms with Gasteiger partial charge >= 0.3 is 0 Å². The minimum atomic E-state index is -0.222. The highest BCUT2D eigenvalue weighted by Gasteiger charge is 2.30.